The lowest BCUT2D eigenvalue weighted by atomic mass is 10.1. The number of nitrogens with one attached hydrogen (secondary N) is 1. The van der Waals surface area contributed by atoms with Gasteiger partial charge in [-0.2, -0.15) is 5.10 Å². The zero-order chi connectivity index (χ0) is 30.0. The summed E-state index contributed by atoms with van der Waals surface area (Å²) >= 11 is 0. The van der Waals surface area contributed by atoms with E-state index in [0.717, 1.165) is 11.6 Å². The third-order valence-electron chi connectivity index (χ3n) is 5.81. The molecule has 0 fully saturated rings. The Balaban J connectivity index is 1.23. The highest BCUT2D eigenvalue weighted by molar-refractivity contribution is 5.92. The molecule has 1 amide bonds. The van der Waals surface area contributed by atoms with Gasteiger partial charge in [0.25, 0.3) is 5.56 Å². The van der Waals surface area contributed by atoms with Crippen LogP contribution >= 0.6 is 0 Å². The van der Waals surface area contributed by atoms with E-state index in [2.05, 4.69) is 32.1 Å². The van der Waals surface area contributed by atoms with Crippen molar-refractivity contribution in [2.24, 2.45) is 0 Å². The summed E-state index contributed by atoms with van der Waals surface area (Å²) < 4.78 is 42.6. The molecule has 0 saturated heterocycles. The maximum atomic E-state index is 12.4. The number of Topliss-reactive ketones (excluding diaryl/α,β-unsaturated/α-hetero) is 1. The van der Waals surface area contributed by atoms with E-state index in [1.807, 2.05) is 30.3 Å². The van der Waals surface area contributed by atoms with Crippen LogP contribution in [0.25, 0.3) is 0 Å². The number of nitrogens with zero attached hydrogens (tertiary/aromatic N) is 3. The Morgan fingerprint density at radius 3 is 2.38 bits per heavy atom. The highest BCUT2D eigenvalue weighted by Gasteiger charge is 2.31. The summed E-state index contributed by atoms with van der Waals surface area (Å²) in [5.41, 5.74) is 2.18. The second-order valence-corrected chi connectivity index (χ2v) is 9.21. The third-order valence-corrected chi connectivity index (χ3v) is 5.81. The van der Waals surface area contributed by atoms with E-state index < -0.39 is 6.36 Å². The Morgan fingerprint density at radius 2 is 1.67 bits per heavy atom. The summed E-state index contributed by atoms with van der Waals surface area (Å²) in [5, 5.41) is 10.7. The van der Waals surface area contributed by atoms with Crippen LogP contribution in [0.4, 0.5) is 18.9 Å². The molecule has 0 aliphatic rings. The molecule has 2 aromatic heterocycles. The lowest BCUT2D eigenvalue weighted by Gasteiger charge is -2.09. The van der Waals surface area contributed by atoms with E-state index >= 15 is 0 Å². The van der Waals surface area contributed by atoms with E-state index in [0.29, 0.717) is 35.6 Å². The Kier molecular flexibility index (Phi) is 9.84. The van der Waals surface area contributed by atoms with Gasteiger partial charge in [0.2, 0.25) is 5.91 Å². The lowest BCUT2D eigenvalue weighted by Crippen LogP contribution is -2.21. The number of aromatic nitrogens is 3. The maximum absolute atomic E-state index is 12.4. The molecule has 0 bridgehead atoms. The first-order valence-corrected chi connectivity index (χ1v) is 12.8. The molecule has 4 aromatic rings. The fraction of sp³-hybridized carbons (Fsp3) is 0.194. The van der Waals surface area contributed by atoms with Crippen LogP contribution in [0, 0.1) is 11.8 Å². The number of amides is 1. The molecular weight excluding hydrogens is 549 g/mol. The van der Waals surface area contributed by atoms with E-state index in [4.69, 9.17) is 0 Å². The van der Waals surface area contributed by atoms with Gasteiger partial charge in [-0.3, -0.25) is 14.4 Å². The van der Waals surface area contributed by atoms with Gasteiger partial charge in [0.05, 0.1) is 18.5 Å². The normalized spacial score (nSPS) is 10.8. The number of anilines is 1. The number of pyridine rings is 1. The van der Waals surface area contributed by atoms with Crippen molar-refractivity contribution < 1.29 is 27.5 Å². The highest BCUT2D eigenvalue weighted by atomic mass is 19.4. The van der Waals surface area contributed by atoms with Crippen LogP contribution in [0.15, 0.2) is 89.9 Å². The highest BCUT2D eigenvalue weighted by Crippen LogP contribution is 2.23. The quantitative estimate of drug-likeness (QED) is 0.280. The fourth-order valence-electron chi connectivity index (χ4n) is 3.95. The number of hydrogen-bond acceptors (Lipinski definition) is 6. The molecule has 0 unspecified atom stereocenters. The second-order valence-electron chi connectivity index (χ2n) is 9.21. The van der Waals surface area contributed by atoms with Gasteiger partial charge in [-0.1, -0.05) is 48.4 Å². The van der Waals surface area contributed by atoms with Crippen LogP contribution in [0.5, 0.6) is 5.75 Å². The van der Waals surface area contributed by atoms with Crippen molar-refractivity contribution in [3.8, 4) is 17.6 Å². The number of halogens is 3. The topological polar surface area (TPSA) is 103 Å². The number of carbonyl (C=O) groups is 2. The molecule has 2 aromatic carbocycles. The molecule has 4 rings (SSSR count). The molecule has 0 atom stereocenters. The summed E-state index contributed by atoms with van der Waals surface area (Å²) in [6.45, 7) is 0.333. The number of ether oxygens (including phenoxy) is 1. The van der Waals surface area contributed by atoms with Crippen LogP contribution in [-0.2, 0) is 35.4 Å². The van der Waals surface area contributed by atoms with Crippen LogP contribution in [0.3, 0.4) is 0 Å². The minimum absolute atomic E-state index is 0.0450. The molecule has 11 heteroatoms. The zero-order valence-corrected chi connectivity index (χ0v) is 22.2. The van der Waals surface area contributed by atoms with Crippen molar-refractivity contribution in [1.29, 1.82) is 0 Å². The SMILES string of the molecule is O=C(Cc1cccc(OC(F)(F)F)c1)Cc1ccc(C#CCCn2ccc(NC(=O)Cc3ccccc3)cc2=O)nn1. The number of alkyl halides is 3. The van der Waals surface area contributed by atoms with Crippen LogP contribution in [0.1, 0.15) is 28.9 Å². The molecule has 42 heavy (non-hydrogen) atoms. The van der Waals surface area contributed by atoms with Crippen molar-refractivity contribution in [3.63, 3.8) is 0 Å². The molecule has 1 N–H and O–H groups in total. The van der Waals surface area contributed by atoms with Crippen LogP contribution in [-0.4, -0.2) is 32.8 Å². The molecule has 0 saturated carbocycles. The van der Waals surface area contributed by atoms with Gasteiger partial charge < -0.3 is 14.6 Å². The van der Waals surface area contributed by atoms with Crippen LogP contribution in [0.2, 0.25) is 0 Å². The average molecular weight is 575 g/mol. The van der Waals surface area contributed by atoms with Crippen molar-refractivity contribution in [2.75, 3.05) is 5.32 Å². The predicted octanol–water partition coefficient (Wildman–Crippen LogP) is 4.51. The molecule has 0 aliphatic heterocycles. The number of ketones is 1. The number of hydrogen-bond donors (Lipinski definition) is 1. The number of carbonyl (C=O) groups excluding carboxylic acids is 2. The first kappa shape index (κ1) is 29.7. The summed E-state index contributed by atoms with van der Waals surface area (Å²) in [5.74, 6) is 4.92. The van der Waals surface area contributed by atoms with Crippen LogP contribution < -0.4 is 15.6 Å². The molecule has 214 valence electrons. The molecular formula is C31H25F3N4O4. The van der Waals surface area contributed by atoms with E-state index in [9.17, 15) is 27.6 Å². The minimum Gasteiger partial charge on any atom is -0.406 e. The van der Waals surface area contributed by atoms with Gasteiger partial charge in [0, 0.05) is 37.3 Å². The van der Waals surface area contributed by atoms with E-state index in [-0.39, 0.29) is 42.3 Å². The smallest absolute Gasteiger partial charge is 0.406 e. The molecule has 0 radical (unpaired) electrons. The first-order chi connectivity index (χ1) is 20.1. The van der Waals surface area contributed by atoms with Crippen molar-refractivity contribution in [3.05, 3.63) is 118 Å². The molecule has 8 nitrogen and oxygen atoms in total. The van der Waals surface area contributed by atoms with Gasteiger partial charge in [-0.05, 0) is 47.4 Å². The first-order valence-electron chi connectivity index (χ1n) is 12.8. The van der Waals surface area contributed by atoms with Crippen molar-refractivity contribution in [1.82, 2.24) is 14.8 Å². The summed E-state index contributed by atoms with van der Waals surface area (Å²) in [7, 11) is 0. The van der Waals surface area contributed by atoms with Gasteiger partial charge in [-0.25, -0.2) is 0 Å². The van der Waals surface area contributed by atoms with E-state index in [1.54, 1.807) is 30.5 Å². The fourth-order valence-corrected chi connectivity index (χ4v) is 3.95. The predicted molar refractivity (Wildman–Crippen MR) is 149 cm³/mol. The van der Waals surface area contributed by atoms with Gasteiger partial charge in [-0.15, -0.1) is 18.3 Å². The lowest BCUT2D eigenvalue weighted by molar-refractivity contribution is -0.274. The zero-order valence-electron chi connectivity index (χ0n) is 22.2. The standard InChI is InChI=1S/C31H25F3N4O4/c32-31(33,34)42-28-11-6-9-23(18-28)17-27(39)20-26-13-12-24(36-37-26)10-4-5-15-38-16-14-25(21-30(38)41)35-29(40)19-22-7-2-1-3-8-22/h1-3,6-9,11-14,16,18,21H,5,15,17,19-20H2,(H,35,40). The summed E-state index contributed by atoms with van der Waals surface area (Å²) in [4.78, 5) is 37.0. The Hall–Kier alpha value is -5.24. The minimum atomic E-state index is -4.81. The van der Waals surface area contributed by atoms with Crippen molar-refractivity contribution >= 4 is 17.4 Å². The Labute approximate surface area is 239 Å². The number of rotatable bonds is 10. The number of aryl methyl sites for hydroxylation is 1. The largest absolute Gasteiger partial charge is 0.573 e. The molecule has 0 aliphatic carbocycles. The summed E-state index contributed by atoms with van der Waals surface area (Å²) in [6, 6.07) is 20.8. The Bertz CT molecular complexity index is 1660. The molecule has 2 heterocycles. The second kappa shape index (κ2) is 13.9. The van der Waals surface area contributed by atoms with E-state index in [1.165, 1.54) is 22.8 Å². The Morgan fingerprint density at radius 1 is 0.881 bits per heavy atom. The molecule has 0 spiro atoms. The van der Waals surface area contributed by atoms with Gasteiger partial charge in [0.15, 0.2) is 0 Å². The monoisotopic (exact) mass is 574 g/mol. The van der Waals surface area contributed by atoms with Gasteiger partial charge in [0.1, 0.15) is 17.2 Å². The van der Waals surface area contributed by atoms with Crippen molar-refractivity contribution in [2.45, 2.75) is 38.6 Å². The average Bonchev–Trinajstić information content (AvgIpc) is 2.92. The summed E-state index contributed by atoms with van der Waals surface area (Å²) in [6.07, 6.45) is -2.78. The van der Waals surface area contributed by atoms with Gasteiger partial charge >= 0.3 is 6.36 Å². The number of benzene rings is 2. The maximum Gasteiger partial charge on any atom is 0.573 e. The third kappa shape index (κ3) is 9.75.